The molecule has 2 aromatic rings. The summed E-state index contributed by atoms with van der Waals surface area (Å²) in [6.07, 6.45) is 5.94. The van der Waals surface area contributed by atoms with E-state index in [1.54, 1.807) is 11.8 Å². The molecule has 1 unspecified atom stereocenters. The van der Waals surface area contributed by atoms with Crippen LogP contribution >= 0.6 is 11.8 Å². The van der Waals surface area contributed by atoms with Crippen molar-refractivity contribution >= 4 is 11.8 Å². The smallest absolute Gasteiger partial charge is 0.0605 e. The lowest BCUT2D eigenvalue weighted by Gasteiger charge is -2.22. The van der Waals surface area contributed by atoms with E-state index in [9.17, 15) is 0 Å². The molecule has 0 aliphatic rings. The van der Waals surface area contributed by atoms with Gasteiger partial charge in [0.2, 0.25) is 0 Å². The molecule has 0 fully saturated rings. The maximum Gasteiger partial charge on any atom is 0.0605 e. The largest absolute Gasteiger partial charge is 0.306 e. The van der Waals surface area contributed by atoms with Crippen LogP contribution in [0.1, 0.15) is 29.7 Å². The second kappa shape index (κ2) is 6.73. The highest BCUT2D eigenvalue weighted by atomic mass is 32.2. The number of thioether (sulfide) groups is 1. The predicted molar refractivity (Wildman–Crippen MR) is 82.7 cm³/mol. The van der Waals surface area contributed by atoms with Crippen LogP contribution in [0.15, 0.2) is 47.6 Å². The third-order valence-electron chi connectivity index (χ3n) is 3.25. The minimum absolute atomic E-state index is 0.211. The highest BCUT2D eigenvalue weighted by Crippen LogP contribution is 2.31. The molecule has 0 radical (unpaired) electrons. The summed E-state index contributed by atoms with van der Waals surface area (Å²) in [5.74, 6) is 0. The van der Waals surface area contributed by atoms with Crippen molar-refractivity contribution in [2.24, 2.45) is 0 Å². The van der Waals surface area contributed by atoms with Gasteiger partial charge in [-0.3, -0.25) is 4.98 Å². The van der Waals surface area contributed by atoms with Gasteiger partial charge in [-0.05, 0) is 48.5 Å². The number of benzene rings is 1. The van der Waals surface area contributed by atoms with Crippen LogP contribution in [0.2, 0.25) is 0 Å². The Morgan fingerprint density at radius 2 is 2.00 bits per heavy atom. The zero-order chi connectivity index (χ0) is 13.7. The molecular weight excluding hydrogens is 252 g/mol. The Hall–Kier alpha value is -1.32. The Morgan fingerprint density at radius 1 is 1.21 bits per heavy atom. The van der Waals surface area contributed by atoms with Crippen LogP contribution in [-0.4, -0.2) is 17.8 Å². The van der Waals surface area contributed by atoms with E-state index in [0.717, 1.165) is 6.54 Å². The monoisotopic (exact) mass is 272 g/mol. The van der Waals surface area contributed by atoms with Gasteiger partial charge in [-0.15, -0.1) is 11.8 Å². The number of rotatable bonds is 5. The Bertz CT molecular complexity index is 540. The lowest BCUT2D eigenvalue weighted by molar-refractivity contribution is 0.617. The molecule has 1 heterocycles. The Kier molecular flexibility index (Phi) is 5.00. The molecule has 1 N–H and O–H groups in total. The van der Waals surface area contributed by atoms with Crippen LogP contribution < -0.4 is 5.32 Å². The van der Waals surface area contributed by atoms with Crippen LogP contribution in [0.3, 0.4) is 0 Å². The Morgan fingerprint density at radius 3 is 2.68 bits per heavy atom. The molecule has 0 saturated carbocycles. The van der Waals surface area contributed by atoms with E-state index in [1.807, 2.05) is 12.4 Å². The van der Waals surface area contributed by atoms with Gasteiger partial charge in [-0.2, -0.15) is 0 Å². The summed E-state index contributed by atoms with van der Waals surface area (Å²) < 4.78 is 0. The molecular formula is C16H20N2S. The quantitative estimate of drug-likeness (QED) is 0.838. The molecule has 0 spiro atoms. The van der Waals surface area contributed by atoms with Crippen LogP contribution in [0.25, 0.3) is 0 Å². The van der Waals surface area contributed by atoms with Gasteiger partial charge in [0.1, 0.15) is 0 Å². The van der Waals surface area contributed by atoms with Crippen molar-refractivity contribution in [3.63, 3.8) is 0 Å². The summed E-state index contributed by atoms with van der Waals surface area (Å²) in [5, 5.41) is 3.58. The molecule has 100 valence electrons. The van der Waals surface area contributed by atoms with E-state index >= 15 is 0 Å². The topological polar surface area (TPSA) is 24.9 Å². The lowest BCUT2D eigenvalue weighted by atomic mass is 9.96. The summed E-state index contributed by atoms with van der Waals surface area (Å²) in [7, 11) is 0. The van der Waals surface area contributed by atoms with Gasteiger partial charge < -0.3 is 5.32 Å². The fourth-order valence-corrected chi connectivity index (χ4v) is 2.91. The average molecular weight is 272 g/mol. The standard InChI is InChI=1S/C16H20N2S/c1-4-18-16(14-11-17-10-9-12(14)2)13-7-5-6-8-15(13)19-3/h5-11,16,18H,4H2,1-3H3. The predicted octanol–water partition coefficient (Wildman–Crippen LogP) is 3.81. The molecule has 0 aliphatic heterocycles. The average Bonchev–Trinajstić information content (AvgIpc) is 2.46. The molecule has 19 heavy (non-hydrogen) atoms. The maximum atomic E-state index is 4.28. The highest BCUT2D eigenvalue weighted by Gasteiger charge is 2.17. The lowest BCUT2D eigenvalue weighted by Crippen LogP contribution is -2.23. The maximum absolute atomic E-state index is 4.28. The zero-order valence-corrected chi connectivity index (χ0v) is 12.5. The first-order valence-corrected chi connectivity index (χ1v) is 7.77. The molecule has 2 rings (SSSR count). The van der Waals surface area contributed by atoms with Gasteiger partial charge >= 0.3 is 0 Å². The van der Waals surface area contributed by atoms with Crippen LogP contribution in [0.5, 0.6) is 0 Å². The van der Waals surface area contributed by atoms with Crippen LogP contribution in [0, 0.1) is 6.92 Å². The number of hydrogen-bond acceptors (Lipinski definition) is 3. The van der Waals surface area contributed by atoms with Crippen LogP contribution in [0.4, 0.5) is 0 Å². The fraction of sp³-hybridized carbons (Fsp3) is 0.312. The molecule has 0 aliphatic carbocycles. The second-order valence-electron chi connectivity index (χ2n) is 4.46. The summed E-state index contributed by atoms with van der Waals surface area (Å²) in [5.41, 5.74) is 3.86. The van der Waals surface area contributed by atoms with Gasteiger partial charge in [-0.25, -0.2) is 0 Å². The van der Waals surface area contributed by atoms with Crippen molar-refractivity contribution in [1.82, 2.24) is 10.3 Å². The zero-order valence-electron chi connectivity index (χ0n) is 11.7. The SMILES string of the molecule is CCNC(c1cnccc1C)c1ccccc1SC. The van der Waals surface area contributed by atoms with E-state index in [-0.39, 0.29) is 6.04 Å². The first kappa shape index (κ1) is 14.1. The van der Waals surface area contributed by atoms with E-state index in [1.165, 1.54) is 21.6 Å². The highest BCUT2D eigenvalue weighted by molar-refractivity contribution is 7.98. The third-order valence-corrected chi connectivity index (χ3v) is 4.06. The molecule has 2 nitrogen and oxygen atoms in total. The summed E-state index contributed by atoms with van der Waals surface area (Å²) in [4.78, 5) is 5.60. The van der Waals surface area contributed by atoms with Crippen molar-refractivity contribution in [1.29, 1.82) is 0 Å². The minimum Gasteiger partial charge on any atom is -0.306 e. The molecule has 3 heteroatoms. The van der Waals surface area contributed by atoms with Crippen molar-refractivity contribution in [2.75, 3.05) is 12.8 Å². The van der Waals surface area contributed by atoms with E-state index in [0.29, 0.717) is 0 Å². The summed E-state index contributed by atoms with van der Waals surface area (Å²) >= 11 is 1.79. The number of hydrogen-bond donors (Lipinski definition) is 1. The van der Waals surface area contributed by atoms with Crippen molar-refractivity contribution < 1.29 is 0 Å². The number of aromatic nitrogens is 1. The molecule has 1 aromatic heterocycles. The summed E-state index contributed by atoms with van der Waals surface area (Å²) in [6, 6.07) is 10.9. The second-order valence-corrected chi connectivity index (χ2v) is 5.31. The Balaban J connectivity index is 2.49. The van der Waals surface area contributed by atoms with Gasteiger partial charge in [0, 0.05) is 17.3 Å². The summed E-state index contributed by atoms with van der Waals surface area (Å²) in [6.45, 7) is 5.21. The van der Waals surface area contributed by atoms with E-state index in [2.05, 4.69) is 60.7 Å². The minimum atomic E-state index is 0.211. The number of aryl methyl sites for hydroxylation is 1. The number of pyridine rings is 1. The van der Waals surface area contributed by atoms with Gasteiger partial charge in [0.25, 0.3) is 0 Å². The normalized spacial score (nSPS) is 12.4. The molecule has 1 aromatic carbocycles. The van der Waals surface area contributed by atoms with Crippen LogP contribution in [-0.2, 0) is 0 Å². The fourth-order valence-electron chi connectivity index (χ4n) is 2.27. The first-order chi connectivity index (χ1) is 9.27. The molecule has 0 amide bonds. The van der Waals surface area contributed by atoms with Gasteiger partial charge in [-0.1, -0.05) is 25.1 Å². The molecule has 0 bridgehead atoms. The third kappa shape index (κ3) is 3.17. The van der Waals surface area contributed by atoms with E-state index < -0.39 is 0 Å². The van der Waals surface area contributed by atoms with Gasteiger partial charge in [0.05, 0.1) is 6.04 Å². The molecule has 1 atom stereocenters. The number of nitrogens with zero attached hydrogens (tertiary/aromatic N) is 1. The van der Waals surface area contributed by atoms with Gasteiger partial charge in [0.15, 0.2) is 0 Å². The van der Waals surface area contributed by atoms with Crippen molar-refractivity contribution in [3.8, 4) is 0 Å². The van der Waals surface area contributed by atoms with Crippen molar-refractivity contribution in [3.05, 3.63) is 59.4 Å². The Labute approximate surface area is 119 Å². The van der Waals surface area contributed by atoms with E-state index in [4.69, 9.17) is 0 Å². The molecule has 0 saturated heterocycles. The van der Waals surface area contributed by atoms with Crippen molar-refractivity contribution in [2.45, 2.75) is 24.8 Å². The number of nitrogens with one attached hydrogen (secondary N) is 1. The first-order valence-electron chi connectivity index (χ1n) is 6.54.